The molecule has 3 aromatic carbocycles. The lowest BCUT2D eigenvalue weighted by atomic mass is 9.78. The van der Waals surface area contributed by atoms with Gasteiger partial charge >= 0.3 is 0 Å². The number of amides is 1. The molecule has 0 aliphatic carbocycles. The van der Waals surface area contributed by atoms with Crippen LogP contribution in [0.1, 0.15) is 48.4 Å². The molecule has 1 N–H and O–H groups in total. The second kappa shape index (κ2) is 12.3. The lowest BCUT2D eigenvalue weighted by Crippen LogP contribution is -2.54. The van der Waals surface area contributed by atoms with E-state index in [1.54, 1.807) is 0 Å². The first-order valence-electron chi connectivity index (χ1n) is 13.5. The van der Waals surface area contributed by atoms with Crippen LogP contribution < -0.4 is 5.32 Å². The largest absolute Gasteiger partial charge is 0.354 e. The summed E-state index contributed by atoms with van der Waals surface area (Å²) in [5.41, 5.74) is 2.51. The lowest BCUT2D eigenvalue weighted by Gasteiger charge is -2.47. The van der Waals surface area contributed by atoms with Crippen LogP contribution in [-0.2, 0) is 4.79 Å². The summed E-state index contributed by atoms with van der Waals surface area (Å²) in [4.78, 5) is 18.3. The van der Waals surface area contributed by atoms with Gasteiger partial charge in [-0.3, -0.25) is 14.6 Å². The number of rotatable bonds is 9. The van der Waals surface area contributed by atoms with Gasteiger partial charge < -0.3 is 5.32 Å². The van der Waals surface area contributed by atoms with Crippen LogP contribution in [0.3, 0.4) is 0 Å². The third kappa shape index (κ3) is 6.46. The van der Waals surface area contributed by atoms with Gasteiger partial charge in [0.15, 0.2) is 0 Å². The number of benzene rings is 3. The molecule has 2 fully saturated rings. The molecule has 0 spiro atoms. The number of likely N-dealkylation sites (N-methyl/N-ethyl adjacent to an activating group) is 1. The number of likely N-dealkylation sites (tertiary alicyclic amines) is 2. The van der Waals surface area contributed by atoms with Gasteiger partial charge in [0.2, 0.25) is 5.91 Å². The predicted octanol–water partition coefficient (Wildman–Crippen LogP) is 6.68. The van der Waals surface area contributed by atoms with E-state index in [1.165, 1.54) is 12.1 Å². The lowest BCUT2D eigenvalue weighted by molar-refractivity contribution is -0.126. The summed E-state index contributed by atoms with van der Waals surface area (Å²) in [6, 6.07) is 19.1. The van der Waals surface area contributed by atoms with E-state index in [-0.39, 0.29) is 17.9 Å². The van der Waals surface area contributed by atoms with Gasteiger partial charge in [0.05, 0.1) is 12.0 Å². The van der Waals surface area contributed by atoms with Crippen molar-refractivity contribution >= 4 is 29.1 Å². The number of carbonyl (C=O) groups excluding carboxylic acids is 1. The summed E-state index contributed by atoms with van der Waals surface area (Å²) in [5.74, 6) is -2.28. The van der Waals surface area contributed by atoms with E-state index in [2.05, 4.69) is 22.0 Å². The molecule has 2 aliphatic rings. The molecule has 0 saturated carbocycles. The van der Waals surface area contributed by atoms with Crippen LogP contribution >= 0.6 is 23.2 Å². The van der Waals surface area contributed by atoms with Crippen molar-refractivity contribution in [1.82, 2.24) is 15.1 Å². The number of hydrogen-bond acceptors (Lipinski definition) is 3. The maximum absolute atomic E-state index is 14.3. The number of carbonyl (C=O) groups is 1. The van der Waals surface area contributed by atoms with Gasteiger partial charge in [0.25, 0.3) is 0 Å². The van der Waals surface area contributed by atoms with E-state index in [0.29, 0.717) is 41.3 Å². The molecular formula is C31H33Cl2F2N3O. The second-order valence-corrected chi connectivity index (χ2v) is 11.4. The fourth-order valence-corrected chi connectivity index (χ4v) is 6.39. The van der Waals surface area contributed by atoms with Gasteiger partial charge in [-0.05, 0) is 79.0 Å². The Morgan fingerprint density at radius 3 is 2.03 bits per heavy atom. The van der Waals surface area contributed by atoms with Crippen molar-refractivity contribution in [2.75, 3.05) is 32.7 Å². The minimum atomic E-state index is -0.674. The highest BCUT2D eigenvalue weighted by molar-refractivity contribution is 6.30. The molecular weight excluding hydrogens is 539 g/mol. The molecule has 2 aliphatic heterocycles. The van der Waals surface area contributed by atoms with Crippen molar-refractivity contribution in [3.63, 3.8) is 0 Å². The summed E-state index contributed by atoms with van der Waals surface area (Å²) in [5, 5.41) is 4.43. The first-order valence-corrected chi connectivity index (χ1v) is 14.3. The van der Waals surface area contributed by atoms with E-state index in [4.69, 9.17) is 23.2 Å². The fourth-order valence-electron chi connectivity index (χ4n) is 6.14. The number of hydrogen-bond donors (Lipinski definition) is 1. The topological polar surface area (TPSA) is 35.6 Å². The van der Waals surface area contributed by atoms with Crippen molar-refractivity contribution in [3.05, 3.63) is 105 Å². The Morgan fingerprint density at radius 1 is 0.923 bits per heavy atom. The normalized spacial score (nSPS) is 19.3. The number of nitrogens with zero attached hydrogens (tertiary/aromatic N) is 2. The van der Waals surface area contributed by atoms with Crippen molar-refractivity contribution < 1.29 is 13.6 Å². The molecule has 0 bridgehead atoms. The highest BCUT2D eigenvalue weighted by Gasteiger charge is 2.42. The Morgan fingerprint density at radius 2 is 1.49 bits per heavy atom. The van der Waals surface area contributed by atoms with E-state index in [0.717, 1.165) is 43.1 Å². The van der Waals surface area contributed by atoms with Gasteiger partial charge in [-0.1, -0.05) is 54.4 Å². The molecule has 5 rings (SSSR count). The Bertz CT molecular complexity index is 1220. The Balaban J connectivity index is 1.38. The van der Waals surface area contributed by atoms with Gasteiger partial charge in [-0.15, -0.1) is 0 Å². The molecule has 3 aromatic rings. The minimum Gasteiger partial charge on any atom is -0.354 e. The van der Waals surface area contributed by atoms with Crippen LogP contribution in [0.25, 0.3) is 0 Å². The molecule has 2 saturated heterocycles. The van der Waals surface area contributed by atoms with Gasteiger partial charge in [0.1, 0.15) is 11.6 Å². The maximum atomic E-state index is 14.3. The summed E-state index contributed by atoms with van der Waals surface area (Å²) >= 11 is 12.3. The van der Waals surface area contributed by atoms with Gasteiger partial charge in [-0.25, -0.2) is 8.78 Å². The zero-order valence-electron chi connectivity index (χ0n) is 21.9. The van der Waals surface area contributed by atoms with Gasteiger partial charge in [-0.2, -0.15) is 0 Å². The molecule has 1 amide bonds. The third-order valence-corrected chi connectivity index (χ3v) is 8.59. The summed E-state index contributed by atoms with van der Waals surface area (Å²) in [7, 11) is 0. The molecule has 8 heteroatoms. The SMILES string of the molecule is CCN1CCCC1CNC(=O)[C@H](c1cc(F)cc(F)c1)C1CN(C(c2ccc(Cl)cc2)c2ccc(Cl)cc2)C1. The van der Waals surface area contributed by atoms with E-state index >= 15 is 0 Å². The molecule has 4 nitrogen and oxygen atoms in total. The monoisotopic (exact) mass is 571 g/mol. The first-order chi connectivity index (χ1) is 18.8. The van der Waals surface area contributed by atoms with Gasteiger partial charge in [0, 0.05) is 47.7 Å². The number of halogens is 4. The van der Waals surface area contributed by atoms with Crippen LogP contribution in [0.5, 0.6) is 0 Å². The van der Waals surface area contributed by atoms with Crippen LogP contribution in [-0.4, -0.2) is 54.5 Å². The zero-order valence-corrected chi connectivity index (χ0v) is 23.4. The predicted molar refractivity (Wildman–Crippen MR) is 152 cm³/mol. The fraction of sp³-hybridized carbons (Fsp3) is 0.387. The summed E-state index contributed by atoms with van der Waals surface area (Å²) in [6.45, 7) is 5.82. The van der Waals surface area contributed by atoms with Crippen molar-refractivity contribution in [3.8, 4) is 0 Å². The highest BCUT2D eigenvalue weighted by Crippen LogP contribution is 2.40. The molecule has 0 radical (unpaired) electrons. The highest BCUT2D eigenvalue weighted by atomic mass is 35.5. The quantitative estimate of drug-likeness (QED) is 0.311. The average Bonchev–Trinajstić information content (AvgIpc) is 3.35. The van der Waals surface area contributed by atoms with Crippen LogP contribution in [0.2, 0.25) is 10.0 Å². The van der Waals surface area contributed by atoms with Crippen molar-refractivity contribution in [2.45, 2.75) is 37.8 Å². The van der Waals surface area contributed by atoms with Crippen molar-refractivity contribution in [2.24, 2.45) is 5.92 Å². The zero-order chi connectivity index (χ0) is 27.5. The molecule has 206 valence electrons. The summed E-state index contributed by atoms with van der Waals surface area (Å²) in [6.07, 6.45) is 2.15. The maximum Gasteiger partial charge on any atom is 0.227 e. The van der Waals surface area contributed by atoms with E-state index in [1.807, 2.05) is 48.5 Å². The van der Waals surface area contributed by atoms with E-state index < -0.39 is 17.6 Å². The second-order valence-electron chi connectivity index (χ2n) is 10.6. The Kier molecular flexibility index (Phi) is 8.87. The van der Waals surface area contributed by atoms with Crippen LogP contribution in [0, 0.1) is 17.6 Å². The molecule has 0 aromatic heterocycles. The Labute approximate surface area is 238 Å². The standard InChI is InChI=1S/C31H33Cl2F2N3O/c1-2-37-13-3-4-28(37)17-36-31(39)29(22-14-26(34)16-27(35)15-22)23-18-38(19-23)30(20-5-9-24(32)10-6-20)21-7-11-25(33)12-8-21/h5-12,14-16,23,28-30H,2-4,13,17-19H2,1H3,(H,36,39)/t28?,29-/m1/s1. The first kappa shape index (κ1) is 28.0. The average molecular weight is 573 g/mol. The van der Waals surface area contributed by atoms with Crippen molar-refractivity contribution in [1.29, 1.82) is 0 Å². The molecule has 1 unspecified atom stereocenters. The van der Waals surface area contributed by atoms with Crippen LogP contribution in [0.4, 0.5) is 8.78 Å². The molecule has 39 heavy (non-hydrogen) atoms. The molecule has 2 heterocycles. The van der Waals surface area contributed by atoms with Crippen LogP contribution in [0.15, 0.2) is 66.7 Å². The van der Waals surface area contributed by atoms with E-state index in [9.17, 15) is 13.6 Å². The molecule has 2 atom stereocenters. The minimum absolute atomic E-state index is 0.0691. The summed E-state index contributed by atoms with van der Waals surface area (Å²) < 4.78 is 28.5. The third-order valence-electron chi connectivity index (χ3n) is 8.09. The smallest absolute Gasteiger partial charge is 0.227 e. The Hall–Kier alpha value is -2.51. The number of nitrogens with one attached hydrogen (secondary N) is 1.